The fraction of sp³-hybridized carbons (Fsp3) is 0.526. The monoisotopic (exact) mass is 331 g/mol. The minimum atomic E-state index is 0.320. The predicted octanol–water partition coefficient (Wildman–Crippen LogP) is 4.36. The fourth-order valence-corrected chi connectivity index (χ4v) is 3.76. The maximum Gasteiger partial charge on any atom is 0.109 e. The molecule has 4 heteroatoms. The molecule has 0 spiro atoms. The third kappa shape index (κ3) is 4.08. The number of aromatic nitrogens is 1. The van der Waals surface area contributed by atoms with Crippen molar-refractivity contribution in [2.24, 2.45) is 16.6 Å². The van der Waals surface area contributed by atoms with Crippen LogP contribution in [0.4, 0.5) is 0 Å². The van der Waals surface area contributed by atoms with Crippen molar-refractivity contribution in [2.75, 3.05) is 12.4 Å². The lowest BCUT2D eigenvalue weighted by Crippen LogP contribution is -2.13. The van der Waals surface area contributed by atoms with Gasteiger partial charge in [-0.05, 0) is 43.2 Å². The predicted molar refractivity (Wildman–Crippen MR) is 99.4 cm³/mol. The van der Waals surface area contributed by atoms with E-state index in [2.05, 4.69) is 40.0 Å². The normalized spacial score (nSPS) is 16.5. The van der Waals surface area contributed by atoms with Gasteiger partial charge >= 0.3 is 0 Å². The molecule has 124 valence electrons. The molecule has 2 N–H and O–H groups in total. The summed E-state index contributed by atoms with van der Waals surface area (Å²) in [5.74, 6) is 1.71. The highest BCUT2D eigenvalue weighted by Crippen LogP contribution is 2.29. The quantitative estimate of drug-likeness (QED) is 0.348. The molecular formula is C19H26ClN3. The number of nitrogens with two attached hydrogens (primary N) is 1. The van der Waals surface area contributed by atoms with Gasteiger partial charge in [-0.1, -0.05) is 31.0 Å². The summed E-state index contributed by atoms with van der Waals surface area (Å²) in [6.07, 6.45) is 9.97. The van der Waals surface area contributed by atoms with Crippen LogP contribution in [0.5, 0.6) is 0 Å². The largest absolute Gasteiger partial charge is 0.386 e. The lowest BCUT2D eigenvalue weighted by atomic mass is 10.1. The molecule has 2 aromatic rings. The van der Waals surface area contributed by atoms with Crippen molar-refractivity contribution in [3.63, 3.8) is 0 Å². The van der Waals surface area contributed by atoms with Gasteiger partial charge in [-0.3, -0.25) is 4.99 Å². The van der Waals surface area contributed by atoms with E-state index in [9.17, 15) is 0 Å². The van der Waals surface area contributed by atoms with Crippen LogP contribution in [0.3, 0.4) is 0 Å². The molecule has 0 saturated heterocycles. The van der Waals surface area contributed by atoms with Crippen molar-refractivity contribution in [2.45, 2.75) is 45.1 Å². The Labute approximate surface area is 143 Å². The third-order valence-corrected chi connectivity index (χ3v) is 5.13. The highest BCUT2D eigenvalue weighted by atomic mass is 35.5. The second-order valence-corrected chi connectivity index (χ2v) is 6.85. The summed E-state index contributed by atoms with van der Waals surface area (Å²) in [5, 5.41) is 1.39. The van der Waals surface area contributed by atoms with E-state index in [1.54, 1.807) is 0 Å². The minimum absolute atomic E-state index is 0.320. The zero-order valence-electron chi connectivity index (χ0n) is 13.7. The molecule has 1 aliphatic rings. The average molecular weight is 332 g/mol. The van der Waals surface area contributed by atoms with Gasteiger partial charge in [-0.25, -0.2) is 0 Å². The Morgan fingerprint density at radius 3 is 2.83 bits per heavy atom. The van der Waals surface area contributed by atoms with E-state index in [4.69, 9.17) is 17.3 Å². The first-order valence-corrected chi connectivity index (χ1v) is 9.23. The Morgan fingerprint density at radius 1 is 1.26 bits per heavy atom. The van der Waals surface area contributed by atoms with Gasteiger partial charge in [0.15, 0.2) is 0 Å². The zero-order valence-corrected chi connectivity index (χ0v) is 14.4. The molecule has 0 atom stereocenters. The van der Waals surface area contributed by atoms with Crippen molar-refractivity contribution in [1.29, 1.82) is 0 Å². The van der Waals surface area contributed by atoms with Crippen LogP contribution < -0.4 is 5.73 Å². The molecule has 1 aromatic carbocycles. The number of aryl methyl sites for hydroxylation is 1. The van der Waals surface area contributed by atoms with Gasteiger partial charge < -0.3 is 10.3 Å². The van der Waals surface area contributed by atoms with E-state index < -0.39 is 0 Å². The van der Waals surface area contributed by atoms with Crippen molar-refractivity contribution in [3.8, 4) is 0 Å². The van der Waals surface area contributed by atoms with E-state index in [0.717, 1.165) is 31.8 Å². The summed E-state index contributed by atoms with van der Waals surface area (Å²) >= 11 is 5.65. The number of halogens is 1. The Morgan fingerprint density at radius 2 is 2.04 bits per heavy atom. The number of amidine groups is 1. The number of para-hydroxylation sites is 1. The van der Waals surface area contributed by atoms with E-state index in [1.807, 2.05) is 0 Å². The fourth-order valence-electron chi connectivity index (χ4n) is 3.68. The first-order valence-electron chi connectivity index (χ1n) is 8.69. The molecular weight excluding hydrogens is 306 g/mol. The van der Waals surface area contributed by atoms with Crippen LogP contribution in [0.2, 0.25) is 0 Å². The maximum atomic E-state index is 5.65. The Balaban J connectivity index is 1.72. The van der Waals surface area contributed by atoms with E-state index in [-0.39, 0.29) is 0 Å². The second-order valence-electron chi connectivity index (χ2n) is 6.58. The summed E-state index contributed by atoms with van der Waals surface area (Å²) in [6, 6.07) is 8.77. The number of benzene rings is 1. The van der Waals surface area contributed by atoms with Crippen LogP contribution in [0, 0.1) is 5.92 Å². The lowest BCUT2D eigenvalue weighted by molar-refractivity contribution is 0.465. The lowest BCUT2D eigenvalue weighted by Gasteiger charge is -2.11. The highest BCUT2D eigenvalue weighted by Gasteiger charge is 2.17. The highest BCUT2D eigenvalue weighted by molar-refractivity contribution is 6.27. The standard InChI is InChI=1S/C19H26ClN3/c20-12-19(21)22-11-5-8-16-14-23(13-15-6-1-2-7-15)18-10-4-3-9-17(16)18/h3-4,9-10,14-15H,1-2,5-8,11-13H2,(H2,21,22). The first-order chi connectivity index (χ1) is 11.3. The summed E-state index contributed by atoms with van der Waals surface area (Å²) in [6.45, 7) is 1.92. The summed E-state index contributed by atoms with van der Waals surface area (Å²) in [5.41, 5.74) is 8.45. The summed E-state index contributed by atoms with van der Waals surface area (Å²) < 4.78 is 2.47. The maximum absolute atomic E-state index is 5.65. The van der Waals surface area contributed by atoms with Crippen LogP contribution >= 0.6 is 11.6 Å². The first kappa shape index (κ1) is 16.4. The Bertz CT molecular complexity index is 668. The van der Waals surface area contributed by atoms with Gasteiger partial charge in [0.1, 0.15) is 5.84 Å². The minimum Gasteiger partial charge on any atom is -0.386 e. The van der Waals surface area contributed by atoms with Crippen LogP contribution in [-0.4, -0.2) is 22.8 Å². The SMILES string of the molecule is NC(CCl)=NCCCc1cn(CC2CCCC2)c2ccccc12. The van der Waals surface area contributed by atoms with E-state index in [0.29, 0.717) is 11.7 Å². The molecule has 1 saturated carbocycles. The molecule has 3 nitrogen and oxygen atoms in total. The van der Waals surface area contributed by atoms with Crippen molar-refractivity contribution >= 4 is 28.3 Å². The number of fused-ring (bicyclic) bond motifs is 1. The van der Waals surface area contributed by atoms with Gasteiger partial charge in [0, 0.05) is 30.2 Å². The van der Waals surface area contributed by atoms with Crippen molar-refractivity contribution in [1.82, 2.24) is 4.57 Å². The molecule has 0 bridgehead atoms. The van der Waals surface area contributed by atoms with Crippen molar-refractivity contribution < 1.29 is 0 Å². The van der Waals surface area contributed by atoms with Crippen LogP contribution in [0.1, 0.15) is 37.7 Å². The molecule has 3 rings (SSSR count). The number of rotatable bonds is 7. The molecule has 0 unspecified atom stereocenters. The molecule has 1 aromatic heterocycles. The molecule has 1 aliphatic carbocycles. The molecule has 0 radical (unpaired) electrons. The van der Waals surface area contributed by atoms with Crippen molar-refractivity contribution in [3.05, 3.63) is 36.0 Å². The molecule has 23 heavy (non-hydrogen) atoms. The molecule has 1 heterocycles. The Kier molecular flexibility index (Phi) is 5.60. The topological polar surface area (TPSA) is 43.3 Å². The number of hydrogen-bond acceptors (Lipinski definition) is 1. The van der Waals surface area contributed by atoms with Crippen LogP contribution in [0.25, 0.3) is 10.9 Å². The molecule has 1 fully saturated rings. The average Bonchev–Trinajstić information content (AvgIpc) is 3.20. The number of alkyl halides is 1. The van der Waals surface area contributed by atoms with Gasteiger partial charge in [0.05, 0.1) is 5.88 Å². The Hall–Kier alpha value is -1.48. The van der Waals surface area contributed by atoms with E-state index >= 15 is 0 Å². The second kappa shape index (κ2) is 7.87. The van der Waals surface area contributed by atoms with Gasteiger partial charge in [0.25, 0.3) is 0 Å². The van der Waals surface area contributed by atoms with Gasteiger partial charge in [0.2, 0.25) is 0 Å². The van der Waals surface area contributed by atoms with Gasteiger partial charge in [-0.2, -0.15) is 0 Å². The van der Waals surface area contributed by atoms with Crippen LogP contribution in [-0.2, 0) is 13.0 Å². The van der Waals surface area contributed by atoms with E-state index in [1.165, 1.54) is 42.1 Å². The third-order valence-electron chi connectivity index (χ3n) is 4.86. The summed E-state index contributed by atoms with van der Waals surface area (Å²) in [7, 11) is 0. The summed E-state index contributed by atoms with van der Waals surface area (Å²) in [4.78, 5) is 4.28. The number of hydrogen-bond donors (Lipinski definition) is 1. The van der Waals surface area contributed by atoms with Gasteiger partial charge in [-0.15, -0.1) is 11.6 Å². The number of aliphatic imine (C=N–C) groups is 1. The zero-order chi connectivity index (χ0) is 16.1. The number of nitrogens with zero attached hydrogens (tertiary/aromatic N) is 2. The molecule has 0 amide bonds. The van der Waals surface area contributed by atoms with Crippen LogP contribution in [0.15, 0.2) is 35.5 Å². The smallest absolute Gasteiger partial charge is 0.109 e. The molecule has 0 aliphatic heterocycles.